The number of hydrogen-bond donors (Lipinski definition) is 1. The number of aromatic nitrogens is 2. The maximum absolute atomic E-state index is 12.1. The first-order valence-corrected chi connectivity index (χ1v) is 7.19. The molecule has 4 nitrogen and oxygen atoms in total. The Bertz CT molecular complexity index is 1080. The van der Waals surface area contributed by atoms with Gasteiger partial charge in [-0.3, -0.25) is 0 Å². The second kappa shape index (κ2) is 4.71. The molecule has 4 rings (SSSR count). The van der Waals surface area contributed by atoms with Gasteiger partial charge in [0.15, 0.2) is 5.52 Å². The van der Waals surface area contributed by atoms with Crippen molar-refractivity contribution in [3.63, 3.8) is 0 Å². The van der Waals surface area contributed by atoms with Crippen molar-refractivity contribution in [3.8, 4) is 11.4 Å². The summed E-state index contributed by atoms with van der Waals surface area (Å²) in [6.45, 7) is 1.94. The van der Waals surface area contributed by atoms with Gasteiger partial charge in [0.1, 0.15) is 16.9 Å². The number of halogens is 1. The smallest absolute Gasteiger partial charge is 0.362 e. The SMILES string of the molecule is Cc1ccc(-c2nc3c([nH]2)c(=O)oc2ccccc23)cc1Cl. The lowest BCUT2D eigenvalue weighted by molar-refractivity contribution is 0.568. The van der Waals surface area contributed by atoms with Crippen molar-refractivity contribution in [3.05, 3.63) is 63.5 Å². The molecule has 0 aliphatic rings. The van der Waals surface area contributed by atoms with Crippen molar-refractivity contribution in [2.45, 2.75) is 6.92 Å². The summed E-state index contributed by atoms with van der Waals surface area (Å²) < 4.78 is 5.31. The summed E-state index contributed by atoms with van der Waals surface area (Å²) in [4.78, 5) is 19.7. The molecule has 1 N–H and O–H groups in total. The Morgan fingerprint density at radius 2 is 2.00 bits per heavy atom. The van der Waals surface area contributed by atoms with Crippen LogP contribution in [-0.4, -0.2) is 9.97 Å². The van der Waals surface area contributed by atoms with Crippen LogP contribution in [-0.2, 0) is 0 Å². The van der Waals surface area contributed by atoms with Crippen molar-refractivity contribution >= 4 is 33.6 Å². The minimum atomic E-state index is -0.425. The highest BCUT2D eigenvalue weighted by Crippen LogP contribution is 2.27. The standard InChI is InChI=1S/C17H11ClN2O2/c1-9-6-7-10(8-12(9)18)16-19-14-11-4-2-3-5-13(11)22-17(21)15(14)20-16/h2-8H,1H3,(H,19,20). The average Bonchev–Trinajstić information content (AvgIpc) is 2.96. The van der Waals surface area contributed by atoms with Gasteiger partial charge in [0, 0.05) is 16.0 Å². The molecular formula is C17H11ClN2O2. The van der Waals surface area contributed by atoms with E-state index in [1.807, 2.05) is 43.3 Å². The van der Waals surface area contributed by atoms with Gasteiger partial charge in [0.25, 0.3) is 0 Å². The van der Waals surface area contributed by atoms with Gasteiger partial charge in [-0.1, -0.05) is 35.9 Å². The number of hydrogen-bond acceptors (Lipinski definition) is 3. The molecule has 0 bridgehead atoms. The molecule has 0 saturated carbocycles. The second-order valence-corrected chi connectivity index (χ2v) is 5.57. The molecule has 0 unspecified atom stereocenters. The van der Waals surface area contributed by atoms with Crippen LogP contribution in [0, 0.1) is 6.92 Å². The van der Waals surface area contributed by atoms with Gasteiger partial charge >= 0.3 is 5.63 Å². The number of H-pyrrole nitrogens is 1. The van der Waals surface area contributed by atoms with E-state index in [9.17, 15) is 4.79 Å². The summed E-state index contributed by atoms with van der Waals surface area (Å²) in [5.74, 6) is 0.598. The summed E-state index contributed by atoms with van der Waals surface area (Å²) in [6.07, 6.45) is 0. The number of benzene rings is 2. The molecule has 2 heterocycles. The van der Waals surface area contributed by atoms with Crippen LogP contribution in [0.2, 0.25) is 5.02 Å². The number of fused-ring (bicyclic) bond motifs is 3. The molecule has 2 aromatic carbocycles. The third kappa shape index (κ3) is 1.92. The van der Waals surface area contributed by atoms with Gasteiger partial charge in [-0.2, -0.15) is 0 Å². The van der Waals surface area contributed by atoms with E-state index in [0.29, 0.717) is 27.5 Å². The number of aromatic amines is 1. The Balaban J connectivity index is 2.04. The van der Waals surface area contributed by atoms with E-state index in [2.05, 4.69) is 9.97 Å². The van der Waals surface area contributed by atoms with Crippen LogP contribution in [0.4, 0.5) is 0 Å². The molecular weight excluding hydrogens is 300 g/mol. The monoisotopic (exact) mass is 310 g/mol. The average molecular weight is 311 g/mol. The third-order valence-electron chi connectivity index (χ3n) is 3.70. The highest BCUT2D eigenvalue weighted by molar-refractivity contribution is 6.31. The minimum absolute atomic E-state index is 0.366. The van der Waals surface area contributed by atoms with Gasteiger partial charge in [0.2, 0.25) is 0 Å². The lowest BCUT2D eigenvalue weighted by atomic mass is 10.1. The fourth-order valence-electron chi connectivity index (χ4n) is 2.49. The summed E-state index contributed by atoms with van der Waals surface area (Å²) in [5.41, 5.74) is 2.90. The Hall–Kier alpha value is -2.59. The van der Waals surface area contributed by atoms with E-state index < -0.39 is 5.63 Å². The second-order valence-electron chi connectivity index (χ2n) is 5.16. The van der Waals surface area contributed by atoms with Crippen LogP contribution in [0.15, 0.2) is 51.7 Å². The number of rotatable bonds is 1. The summed E-state index contributed by atoms with van der Waals surface area (Å²) >= 11 is 6.17. The van der Waals surface area contributed by atoms with Crippen LogP contribution in [0.5, 0.6) is 0 Å². The van der Waals surface area contributed by atoms with Crippen LogP contribution >= 0.6 is 11.6 Å². The third-order valence-corrected chi connectivity index (χ3v) is 4.11. The predicted molar refractivity (Wildman–Crippen MR) is 87.3 cm³/mol. The van der Waals surface area contributed by atoms with E-state index >= 15 is 0 Å². The summed E-state index contributed by atoms with van der Waals surface area (Å²) in [5, 5.41) is 1.47. The van der Waals surface area contributed by atoms with Gasteiger partial charge in [-0.25, -0.2) is 9.78 Å². The Morgan fingerprint density at radius 3 is 2.82 bits per heavy atom. The Kier molecular flexibility index (Phi) is 2.81. The number of nitrogens with zero attached hydrogens (tertiary/aromatic N) is 1. The molecule has 0 radical (unpaired) electrons. The zero-order valence-corrected chi connectivity index (χ0v) is 12.4. The Morgan fingerprint density at radius 1 is 1.18 bits per heavy atom. The fraction of sp³-hybridized carbons (Fsp3) is 0.0588. The van der Waals surface area contributed by atoms with Crippen molar-refractivity contribution in [2.24, 2.45) is 0 Å². The molecule has 2 aromatic heterocycles. The lowest BCUT2D eigenvalue weighted by Crippen LogP contribution is -1.99. The van der Waals surface area contributed by atoms with Crippen LogP contribution < -0.4 is 5.63 Å². The van der Waals surface area contributed by atoms with Crippen LogP contribution in [0.3, 0.4) is 0 Å². The first-order chi connectivity index (χ1) is 10.6. The molecule has 108 valence electrons. The highest BCUT2D eigenvalue weighted by atomic mass is 35.5. The van der Waals surface area contributed by atoms with Gasteiger partial charge in [0.05, 0.1) is 0 Å². The highest BCUT2D eigenvalue weighted by Gasteiger charge is 2.13. The Labute approximate surface area is 130 Å². The number of nitrogens with one attached hydrogen (secondary N) is 1. The molecule has 4 aromatic rings. The first kappa shape index (κ1) is 13.1. The van der Waals surface area contributed by atoms with Gasteiger partial charge in [-0.05, 0) is 30.7 Å². The van der Waals surface area contributed by atoms with E-state index in [4.69, 9.17) is 16.0 Å². The van der Waals surface area contributed by atoms with Crippen LogP contribution in [0.25, 0.3) is 33.4 Å². The molecule has 5 heteroatoms. The zero-order chi connectivity index (χ0) is 15.3. The molecule has 0 amide bonds. The van der Waals surface area contributed by atoms with E-state index in [1.54, 1.807) is 6.07 Å². The molecule has 0 fully saturated rings. The number of para-hydroxylation sites is 1. The van der Waals surface area contributed by atoms with Crippen molar-refractivity contribution in [1.29, 1.82) is 0 Å². The molecule has 0 aliphatic carbocycles. The fourth-order valence-corrected chi connectivity index (χ4v) is 2.68. The quantitative estimate of drug-likeness (QED) is 0.533. The van der Waals surface area contributed by atoms with E-state index in [0.717, 1.165) is 16.5 Å². The molecule has 22 heavy (non-hydrogen) atoms. The van der Waals surface area contributed by atoms with Crippen molar-refractivity contribution in [1.82, 2.24) is 9.97 Å². The summed E-state index contributed by atoms with van der Waals surface area (Å²) in [6, 6.07) is 13.0. The maximum Gasteiger partial charge on any atom is 0.362 e. The predicted octanol–water partition coefficient (Wildman–Crippen LogP) is 4.30. The van der Waals surface area contributed by atoms with Crippen LogP contribution in [0.1, 0.15) is 5.56 Å². The molecule has 0 spiro atoms. The van der Waals surface area contributed by atoms with Crippen molar-refractivity contribution in [2.75, 3.05) is 0 Å². The molecule has 0 atom stereocenters. The largest absolute Gasteiger partial charge is 0.421 e. The van der Waals surface area contributed by atoms with Crippen molar-refractivity contribution < 1.29 is 4.42 Å². The summed E-state index contributed by atoms with van der Waals surface area (Å²) in [7, 11) is 0. The minimum Gasteiger partial charge on any atom is -0.421 e. The maximum atomic E-state index is 12.1. The van der Waals surface area contributed by atoms with E-state index in [1.165, 1.54) is 0 Å². The molecule has 0 saturated heterocycles. The first-order valence-electron chi connectivity index (χ1n) is 6.81. The molecule has 0 aliphatic heterocycles. The van der Waals surface area contributed by atoms with Gasteiger partial charge in [-0.15, -0.1) is 0 Å². The van der Waals surface area contributed by atoms with E-state index in [-0.39, 0.29) is 0 Å². The number of imidazole rings is 1. The lowest BCUT2D eigenvalue weighted by Gasteiger charge is -2.00. The zero-order valence-electron chi connectivity index (χ0n) is 11.7. The topological polar surface area (TPSA) is 58.9 Å². The normalized spacial score (nSPS) is 11.4. The number of aryl methyl sites for hydroxylation is 1. The van der Waals surface area contributed by atoms with Gasteiger partial charge < -0.3 is 9.40 Å².